The Morgan fingerprint density at radius 1 is 1.13 bits per heavy atom. The van der Waals surface area contributed by atoms with E-state index in [-0.39, 0.29) is 11.8 Å². The number of rotatable bonds is 5. The number of hydrogen-bond acceptors (Lipinski definition) is 4. The van der Waals surface area contributed by atoms with Crippen molar-refractivity contribution in [3.8, 4) is 11.3 Å². The number of carbonyl (C=O) groups excluding carboxylic acids is 1. The van der Waals surface area contributed by atoms with Gasteiger partial charge in [0.2, 0.25) is 0 Å². The number of imidazole rings is 1. The zero-order valence-electron chi connectivity index (χ0n) is 17.7. The van der Waals surface area contributed by atoms with Crippen molar-refractivity contribution >= 4 is 16.9 Å². The first-order valence-corrected chi connectivity index (χ1v) is 11.0. The number of hydrogen-bond donors (Lipinski definition) is 0. The number of carbonyl (C=O) groups is 1. The molecular weight excluding hydrogens is 388 g/mol. The standard InChI is InChI=1S/C25H26N4O2/c1-2-14-29-22-13-7-6-12-20(22)26-24(29)19-11-8-15-28(17-19)25(30)21-16-23(31-27-21)18-9-4-3-5-10-18/h3-7,9-10,12-13,16,19H,2,8,11,14-15,17H2,1H3. The predicted octanol–water partition coefficient (Wildman–Crippen LogP) is 5.12. The van der Waals surface area contributed by atoms with E-state index in [1.165, 1.54) is 5.52 Å². The molecule has 1 unspecified atom stereocenters. The average Bonchev–Trinajstić information content (AvgIpc) is 3.45. The average molecular weight is 415 g/mol. The van der Waals surface area contributed by atoms with E-state index in [2.05, 4.69) is 34.8 Å². The second-order valence-electron chi connectivity index (χ2n) is 8.14. The van der Waals surface area contributed by atoms with Crippen molar-refractivity contribution in [1.82, 2.24) is 19.6 Å². The Balaban J connectivity index is 1.39. The minimum Gasteiger partial charge on any atom is -0.355 e. The molecule has 2 aromatic heterocycles. The van der Waals surface area contributed by atoms with E-state index in [1.807, 2.05) is 41.3 Å². The van der Waals surface area contributed by atoms with Gasteiger partial charge in [0.05, 0.1) is 11.0 Å². The molecule has 2 aromatic carbocycles. The zero-order chi connectivity index (χ0) is 21.2. The maximum atomic E-state index is 13.2. The summed E-state index contributed by atoms with van der Waals surface area (Å²) < 4.78 is 7.78. The Morgan fingerprint density at radius 3 is 2.77 bits per heavy atom. The number of piperidine rings is 1. The summed E-state index contributed by atoms with van der Waals surface area (Å²) in [4.78, 5) is 20.0. The minimum absolute atomic E-state index is 0.0752. The molecule has 6 nitrogen and oxygen atoms in total. The number of nitrogens with zero attached hydrogens (tertiary/aromatic N) is 4. The monoisotopic (exact) mass is 414 g/mol. The first-order chi connectivity index (χ1) is 15.2. The fourth-order valence-corrected chi connectivity index (χ4v) is 4.51. The third-order valence-corrected chi connectivity index (χ3v) is 5.99. The lowest BCUT2D eigenvalue weighted by molar-refractivity contribution is 0.0693. The first kappa shape index (κ1) is 19.5. The predicted molar refractivity (Wildman–Crippen MR) is 120 cm³/mol. The van der Waals surface area contributed by atoms with Gasteiger partial charge in [-0.1, -0.05) is 54.5 Å². The zero-order valence-corrected chi connectivity index (χ0v) is 17.7. The third kappa shape index (κ3) is 3.74. The van der Waals surface area contributed by atoms with E-state index >= 15 is 0 Å². The second kappa shape index (κ2) is 8.38. The van der Waals surface area contributed by atoms with Crippen LogP contribution in [0.4, 0.5) is 0 Å². The topological polar surface area (TPSA) is 64.2 Å². The van der Waals surface area contributed by atoms with Gasteiger partial charge in [0.25, 0.3) is 5.91 Å². The van der Waals surface area contributed by atoms with Crippen LogP contribution in [0.15, 0.2) is 65.2 Å². The molecule has 5 rings (SSSR count). The van der Waals surface area contributed by atoms with Crippen molar-refractivity contribution in [1.29, 1.82) is 0 Å². The van der Waals surface area contributed by atoms with Crippen LogP contribution in [0.3, 0.4) is 0 Å². The van der Waals surface area contributed by atoms with Gasteiger partial charge in [0, 0.05) is 37.2 Å². The van der Waals surface area contributed by atoms with Gasteiger partial charge in [0.1, 0.15) is 5.82 Å². The number of benzene rings is 2. The van der Waals surface area contributed by atoms with Crippen LogP contribution in [0.25, 0.3) is 22.4 Å². The van der Waals surface area contributed by atoms with E-state index in [4.69, 9.17) is 9.51 Å². The molecular formula is C25H26N4O2. The molecule has 1 aliphatic heterocycles. The van der Waals surface area contributed by atoms with Gasteiger partial charge >= 0.3 is 0 Å². The number of aromatic nitrogens is 3. The van der Waals surface area contributed by atoms with Crippen molar-refractivity contribution < 1.29 is 9.32 Å². The summed E-state index contributed by atoms with van der Waals surface area (Å²) in [5.74, 6) is 1.85. The molecule has 1 fully saturated rings. The molecule has 4 aromatic rings. The lowest BCUT2D eigenvalue weighted by atomic mass is 9.96. The Morgan fingerprint density at radius 2 is 1.94 bits per heavy atom. The van der Waals surface area contributed by atoms with Crippen molar-refractivity contribution in [2.24, 2.45) is 0 Å². The first-order valence-electron chi connectivity index (χ1n) is 11.0. The highest BCUT2D eigenvalue weighted by atomic mass is 16.5. The molecule has 3 heterocycles. The van der Waals surface area contributed by atoms with Crippen molar-refractivity contribution in [3.63, 3.8) is 0 Å². The van der Waals surface area contributed by atoms with Crippen LogP contribution in [0, 0.1) is 0 Å². The molecule has 0 spiro atoms. The molecule has 1 atom stereocenters. The van der Waals surface area contributed by atoms with Crippen LogP contribution in [0.5, 0.6) is 0 Å². The maximum absolute atomic E-state index is 13.2. The molecule has 0 saturated carbocycles. The van der Waals surface area contributed by atoms with Crippen LogP contribution in [0.2, 0.25) is 0 Å². The summed E-state index contributed by atoms with van der Waals surface area (Å²) in [5.41, 5.74) is 3.48. The van der Waals surface area contributed by atoms with E-state index < -0.39 is 0 Å². The summed E-state index contributed by atoms with van der Waals surface area (Å²) in [6.07, 6.45) is 3.03. The fourth-order valence-electron chi connectivity index (χ4n) is 4.51. The van der Waals surface area contributed by atoms with Crippen LogP contribution in [-0.2, 0) is 6.54 Å². The Bertz CT molecular complexity index is 1190. The normalized spacial score (nSPS) is 16.7. The fraction of sp³-hybridized carbons (Fsp3) is 0.320. The molecule has 31 heavy (non-hydrogen) atoms. The van der Waals surface area contributed by atoms with Gasteiger partial charge in [-0.3, -0.25) is 4.79 Å². The summed E-state index contributed by atoms with van der Waals surface area (Å²) in [6, 6.07) is 19.8. The molecule has 6 heteroatoms. The molecule has 1 aliphatic rings. The van der Waals surface area contributed by atoms with E-state index in [1.54, 1.807) is 6.07 Å². The van der Waals surface area contributed by atoms with Crippen LogP contribution < -0.4 is 0 Å². The van der Waals surface area contributed by atoms with E-state index in [9.17, 15) is 4.79 Å². The minimum atomic E-state index is -0.0752. The lowest BCUT2D eigenvalue weighted by Gasteiger charge is -2.32. The number of para-hydroxylation sites is 2. The SMILES string of the molecule is CCCn1c(C2CCCN(C(=O)c3cc(-c4ccccc4)on3)C2)nc2ccccc21. The summed E-state index contributed by atoms with van der Waals surface area (Å²) in [6.45, 7) is 4.50. The highest BCUT2D eigenvalue weighted by Gasteiger charge is 2.30. The molecule has 1 saturated heterocycles. The van der Waals surface area contributed by atoms with E-state index in [0.717, 1.165) is 49.3 Å². The number of fused-ring (bicyclic) bond motifs is 1. The van der Waals surface area contributed by atoms with Gasteiger partial charge in [0.15, 0.2) is 11.5 Å². The van der Waals surface area contributed by atoms with Gasteiger partial charge in [-0.25, -0.2) is 4.98 Å². The Kier molecular flexibility index (Phi) is 5.28. The smallest absolute Gasteiger partial charge is 0.276 e. The quantitative estimate of drug-likeness (QED) is 0.455. The number of amides is 1. The number of aryl methyl sites for hydroxylation is 1. The molecule has 1 amide bonds. The Labute approximate surface area is 181 Å². The van der Waals surface area contributed by atoms with Gasteiger partial charge < -0.3 is 14.0 Å². The van der Waals surface area contributed by atoms with Crippen molar-refractivity contribution in [2.45, 2.75) is 38.6 Å². The molecule has 158 valence electrons. The Hall–Kier alpha value is -3.41. The lowest BCUT2D eigenvalue weighted by Crippen LogP contribution is -2.40. The largest absolute Gasteiger partial charge is 0.355 e. The number of likely N-dealkylation sites (tertiary alicyclic amines) is 1. The highest BCUT2D eigenvalue weighted by Crippen LogP contribution is 2.30. The second-order valence-corrected chi connectivity index (χ2v) is 8.14. The van der Waals surface area contributed by atoms with Gasteiger partial charge in [-0.05, 0) is 31.4 Å². The molecule has 0 aliphatic carbocycles. The van der Waals surface area contributed by atoms with Crippen molar-refractivity contribution in [2.75, 3.05) is 13.1 Å². The maximum Gasteiger partial charge on any atom is 0.276 e. The van der Waals surface area contributed by atoms with E-state index in [0.29, 0.717) is 18.0 Å². The summed E-state index contributed by atoms with van der Waals surface area (Å²) in [5, 5.41) is 4.06. The van der Waals surface area contributed by atoms with Gasteiger partial charge in [-0.15, -0.1) is 0 Å². The van der Waals surface area contributed by atoms with Crippen molar-refractivity contribution in [3.05, 3.63) is 72.2 Å². The molecule has 0 bridgehead atoms. The summed E-state index contributed by atoms with van der Waals surface area (Å²) in [7, 11) is 0. The highest BCUT2D eigenvalue weighted by molar-refractivity contribution is 5.93. The van der Waals surface area contributed by atoms with Crippen LogP contribution >= 0.6 is 0 Å². The molecule has 0 radical (unpaired) electrons. The van der Waals surface area contributed by atoms with Gasteiger partial charge in [-0.2, -0.15) is 0 Å². The van der Waals surface area contributed by atoms with Crippen LogP contribution in [-0.4, -0.2) is 38.6 Å². The third-order valence-electron chi connectivity index (χ3n) is 5.99. The molecule has 0 N–H and O–H groups in total. The van der Waals surface area contributed by atoms with Crippen LogP contribution in [0.1, 0.15) is 48.4 Å². The summed E-state index contributed by atoms with van der Waals surface area (Å²) >= 11 is 0.